The van der Waals surface area contributed by atoms with Gasteiger partial charge in [0.2, 0.25) is 11.7 Å². The summed E-state index contributed by atoms with van der Waals surface area (Å²) in [6.45, 7) is 11.7. The van der Waals surface area contributed by atoms with Crippen LogP contribution >= 0.6 is 0 Å². The van der Waals surface area contributed by atoms with Crippen LogP contribution in [0.1, 0.15) is 13.8 Å². The molecule has 0 bridgehead atoms. The van der Waals surface area contributed by atoms with Crippen LogP contribution in [-0.4, -0.2) is 49.1 Å². The summed E-state index contributed by atoms with van der Waals surface area (Å²) in [5.41, 5.74) is -0.433. The zero-order valence-electron chi connectivity index (χ0n) is 11.2. The first-order chi connectivity index (χ1) is 8.31. The fourth-order valence-electron chi connectivity index (χ4n) is 1.80. The molecular formula is C13H20N2O3. The van der Waals surface area contributed by atoms with E-state index in [-0.39, 0.29) is 18.3 Å². The Morgan fingerprint density at radius 3 is 2.33 bits per heavy atom. The molecule has 1 fully saturated rings. The maximum Gasteiger partial charge on any atom is 0.248 e. The molecule has 0 aliphatic carbocycles. The number of nitrogens with zero attached hydrogens (tertiary/aromatic N) is 1. The zero-order chi connectivity index (χ0) is 13.9. The maximum atomic E-state index is 12.3. The van der Waals surface area contributed by atoms with Gasteiger partial charge in [0.1, 0.15) is 0 Å². The van der Waals surface area contributed by atoms with E-state index in [1.165, 1.54) is 0 Å². The predicted molar refractivity (Wildman–Crippen MR) is 69.0 cm³/mol. The topological polar surface area (TPSA) is 58.6 Å². The highest BCUT2D eigenvalue weighted by atomic mass is 16.5. The summed E-state index contributed by atoms with van der Waals surface area (Å²) >= 11 is 0. The lowest BCUT2D eigenvalue weighted by molar-refractivity contribution is -0.147. The van der Waals surface area contributed by atoms with Crippen LogP contribution < -0.4 is 5.32 Å². The monoisotopic (exact) mass is 252 g/mol. The third kappa shape index (κ3) is 2.68. The van der Waals surface area contributed by atoms with Gasteiger partial charge < -0.3 is 10.1 Å². The van der Waals surface area contributed by atoms with Crippen LogP contribution in [-0.2, 0) is 14.3 Å². The van der Waals surface area contributed by atoms with Gasteiger partial charge in [-0.05, 0) is 26.5 Å². The Hall–Kier alpha value is -1.46. The highest BCUT2D eigenvalue weighted by Crippen LogP contribution is 2.20. The molecule has 0 radical (unpaired) electrons. The van der Waals surface area contributed by atoms with Crippen molar-refractivity contribution in [3.63, 3.8) is 0 Å². The number of Topliss-reactive ketones (excluding diaryl/α,β-unsaturated/α-hetero) is 1. The number of nitrogens with one attached hydrogen (secondary N) is 1. The zero-order valence-corrected chi connectivity index (χ0v) is 11.2. The molecule has 0 aromatic carbocycles. The van der Waals surface area contributed by atoms with Crippen molar-refractivity contribution in [2.24, 2.45) is 0 Å². The van der Waals surface area contributed by atoms with Crippen molar-refractivity contribution in [1.29, 1.82) is 0 Å². The number of hydrogen-bond donors (Lipinski definition) is 1. The standard InChI is InChI=1S/C13H20N2O3/c1-9(2)11(16)13(14-12(17)10(3)4)8-18-7-6-15(13)5/h1,3,6-8H2,2,4-5H3,(H,14,17). The Morgan fingerprint density at radius 1 is 1.28 bits per heavy atom. The van der Waals surface area contributed by atoms with E-state index in [4.69, 9.17) is 4.74 Å². The number of morpholine rings is 1. The molecule has 1 amide bonds. The molecule has 1 aliphatic heterocycles. The first kappa shape index (κ1) is 14.6. The summed E-state index contributed by atoms with van der Waals surface area (Å²) in [4.78, 5) is 25.9. The SMILES string of the molecule is C=C(C)C(=O)NC1(C(=O)C(=C)C)COCCN1C. The fourth-order valence-corrected chi connectivity index (χ4v) is 1.80. The molecule has 100 valence electrons. The summed E-state index contributed by atoms with van der Waals surface area (Å²) in [7, 11) is 1.78. The van der Waals surface area contributed by atoms with E-state index in [0.29, 0.717) is 24.3 Å². The summed E-state index contributed by atoms with van der Waals surface area (Å²) in [5, 5.41) is 2.71. The molecule has 5 heteroatoms. The van der Waals surface area contributed by atoms with Gasteiger partial charge in [-0.2, -0.15) is 0 Å². The largest absolute Gasteiger partial charge is 0.376 e. The van der Waals surface area contributed by atoms with E-state index < -0.39 is 5.66 Å². The third-order valence-corrected chi connectivity index (χ3v) is 3.00. The van der Waals surface area contributed by atoms with E-state index in [1.54, 1.807) is 25.8 Å². The van der Waals surface area contributed by atoms with Gasteiger partial charge in [0.25, 0.3) is 0 Å². The van der Waals surface area contributed by atoms with Crippen molar-refractivity contribution >= 4 is 11.7 Å². The van der Waals surface area contributed by atoms with Crippen molar-refractivity contribution < 1.29 is 14.3 Å². The van der Waals surface area contributed by atoms with Crippen LogP contribution in [0.15, 0.2) is 24.3 Å². The first-order valence-electron chi connectivity index (χ1n) is 5.78. The van der Waals surface area contributed by atoms with Crippen LogP contribution in [0, 0.1) is 0 Å². The van der Waals surface area contributed by atoms with Gasteiger partial charge in [0, 0.05) is 12.1 Å². The molecule has 0 spiro atoms. The van der Waals surface area contributed by atoms with Gasteiger partial charge in [-0.25, -0.2) is 0 Å². The Morgan fingerprint density at radius 2 is 1.89 bits per heavy atom. The van der Waals surface area contributed by atoms with Gasteiger partial charge in [-0.1, -0.05) is 13.2 Å². The number of hydrogen-bond acceptors (Lipinski definition) is 4. The van der Waals surface area contributed by atoms with Crippen molar-refractivity contribution in [3.8, 4) is 0 Å². The van der Waals surface area contributed by atoms with Crippen LogP contribution in [0.2, 0.25) is 0 Å². The number of rotatable bonds is 4. The molecule has 0 aromatic rings. The quantitative estimate of drug-likeness (QED) is 0.739. The first-order valence-corrected chi connectivity index (χ1v) is 5.78. The second-order valence-corrected chi connectivity index (χ2v) is 4.68. The Kier molecular flexibility index (Phi) is 4.43. The number of carbonyl (C=O) groups excluding carboxylic acids is 2. The number of ketones is 1. The summed E-state index contributed by atoms with van der Waals surface area (Å²) in [6.07, 6.45) is 0. The smallest absolute Gasteiger partial charge is 0.248 e. The fraction of sp³-hybridized carbons (Fsp3) is 0.538. The molecule has 18 heavy (non-hydrogen) atoms. The van der Waals surface area contributed by atoms with Gasteiger partial charge in [0.15, 0.2) is 5.66 Å². The van der Waals surface area contributed by atoms with Crippen molar-refractivity contribution in [2.45, 2.75) is 19.5 Å². The van der Waals surface area contributed by atoms with Crippen LogP contribution in [0.4, 0.5) is 0 Å². The summed E-state index contributed by atoms with van der Waals surface area (Å²) in [5.74, 6) is -0.596. The minimum absolute atomic E-state index is 0.119. The molecule has 1 heterocycles. The third-order valence-electron chi connectivity index (χ3n) is 3.00. The van der Waals surface area contributed by atoms with Crippen molar-refractivity contribution in [3.05, 3.63) is 24.3 Å². The Balaban J connectivity index is 3.08. The molecule has 1 unspecified atom stereocenters. The molecule has 1 rings (SSSR count). The molecule has 5 nitrogen and oxygen atoms in total. The lowest BCUT2D eigenvalue weighted by Crippen LogP contribution is -2.69. The second kappa shape index (κ2) is 5.46. The van der Waals surface area contributed by atoms with Gasteiger partial charge in [0.05, 0.1) is 13.2 Å². The van der Waals surface area contributed by atoms with E-state index in [2.05, 4.69) is 18.5 Å². The van der Waals surface area contributed by atoms with Crippen molar-refractivity contribution in [2.75, 3.05) is 26.8 Å². The van der Waals surface area contributed by atoms with Gasteiger partial charge >= 0.3 is 0 Å². The number of amides is 1. The normalized spacial score (nSPS) is 24.4. The highest BCUT2D eigenvalue weighted by molar-refractivity contribution is 6.05. The molecular weight excluding hydrogens is 232 g/mol. The summed E-state index contributed by atoms with van der Waals surface area (Å²) in [6, 6.07) is 0. The minimum atomic E-state index is -1.17. The molecule has 0 aromatic heterocycles. The maximum absolute atomic E-state index is 12.3. The van der Waals surface area contributed by atoms with E-state index in [9.17, 15) is 9.59 Å². The van der Waals surface area contributed by atoms with Crippen LogP contribution in [0.5, 0.6) is 0 Å². The number of ether oxygens (including phenoxy) is 1. The minimum Gasteiger partial charge on any atom is -0.376 e. The molecule has 1 atom stereocenters. The molecule has 1 saturated heterocycles. The van der Waals surface area contributed by atoms with Gasteiger partial charge in [-0.3, -0.25) is 14.5 Å². The highest BCUT2D eigenvalue weighted by Gasteiger charge is 2.46. The molecule has 1 aliphatic rings. The van der Waals surface area contributed by atoms with Crippen LogP contribution in [0.3, 0.4) is 0 Å². The number of likely N-dealkylation sites (N-methyl/N-ethyl adjacent to an activating group) is 1. The van der Waals surface area contributed by atoms with E-state index in [0.717, 1.165) is 0 Å². The number of carbonyl (C=O) groups is 2. The second-order valence-electron chi connectivity index (χ2n) is 4.68. The van der Waals surface area contributed by atoms with E-state index >= 15 is 0 Å². The lowest BCUT2D eigenvalue weighted by Gasteiger charge is -2.44. The van der Waals surface area contributed by atoms with Crippen LogP contribution in [0.25, 0.3) is 0 Å². The predicted octanol–water partition coefficient (Wildman–Crippen LogP) is 0.482. The molecule has 0 saturated carbocycles. The lowest BCUT2D eigenvalue weighted by atomic mass is 9.97. The van der Waals surface area contributed by atoms with E-state index in [1.807, 2.05) is 0 Å². The molecule has 1 N–H and O–H groups in total. The Bertz CT molecular complexity index is 403. The Labute approximate surface area is 107 Å². The van der Waals surface area contributed by atoms with Gasteiger partial charge in [-0.15, -0.1) is 0 Å². The summed E-state index contributed by atoms with van der Waals surface area (Å²) < 4.78 is 5.36. The average Bonchev–Trinajstić information content (AvgIpc) is 2.30. The average molecular weight is 252 g/mol. The van der Waals surface area contributed by atoms with Crippen molar-refractivity contribution in [1.82, 2.24) is 10.2 Å².